The molecule has 0 bridgehead atoms. The van der Waals surface area contributed by atoms with E-state index in [1.165, 1.54) is 12.1 Å². The molecule has 0 saturated carbocycles. The lowest BCUT2D eigenvalue weighted by Gasteiger charge is -2.34. The summed E-state index contributed by atoms with van der Waals surface area (Å²) in [7, 11) is 0. The molecule has 1 fully saturated rings. The maximum Gasteiger partial charge on any atom is 0.123 e. The molecular formula is C12H16FNO. The Morgan fingerprint density at radius 2 is 2.00 bits per heavy atom. The largest absolute Gasteiger partial charge is 0.385 e. The molecular weight excluding hydrogens is 193 g/mol. The van der Waals surface area contributed by atoms with Crippen molar-refractivity contribution in [3.63, 3.8) is 0 Å². The van der Waals surface area contributed by atoms with Crippen LogP contribution >= 0.6 is 0 Å². The van der Waals surface area contributed by atoms with Gasteiger partial charge >= 0.3 is 0 Å². The van der Waals surface area contributed by atoms with Crippen molar-refractivity contribution in [1.82, 2.24) is 5.32 Å². The fraction of sp³-hybridized carbons (Fsp3) is 0.500. The molecule has 15 heavy (non-hydrogen) atoms. The summed E-state index contributed by atoms with van der Waals surface area (Å²) >= 11 is 0. The molecule has 1 aliphatic rings. The number of nitrogens with one attached hydrogen (secondary N) is 1. The van der Waals surface area contributed by atoms with Gasteiger partial charge in [0, 0.05) is 0 Å². The molecule has 2 nitrogen and oxygen atoms in total. The van der Waals surface area contributed by atoms with Gasteiger partial charge in [-0.05, 0) is 56.1 Å². The highest BCUT2D eigenvalue weighted by Crippen LogP contribution is 2.32. The molecule has 0 aromatic heterocycles. The fourth-order valence-electron chi connectivity index (χ4n) is 2.21. The lowest BCUT2D eigenvalue weighted by molar-refractivity contribution is 0.00511. The Bertz CT molecular complexity index is 359. The Hall–Kier alpha value is -0.930. The molecule has 0 spiro atoms. The van der Waals surface area contributed by atoms with Crippen LogP contribution < -0.4 is 5.32 Å². The van der Waals surface area contributed by atoms with Crippen LogP contribution in [0.25, 0.3) is 0 Å². The van der Waals surface area contributed by atoms with E-state index in [1.54, 1.807) is 6.07 Å². The van der Waals surface area contributed by atoms with E-state index in [9.17, 15) is 9.50 Å². The van der Waals surface area contributed by atoms with E-state index >= 15 is 0 Å². The van der Waals surface area contributed by atoms with Crippen LogP contribution in [-0.4, -0.2) is 18.2 Å². The molecule has 0 radical (unpaired) electrons. The van der Waals surface area contributed by atoms with Gasteiger partial charge in [-0.1, -0.05) is 6.07 Å². The van der Waals surface area contributed by atoms with Gasteiger partial charge in [0.1, 0.15) is 5.82 Å². The maximum atomic E-state index is 13.1. The van der Waals surface area contributed by atoms with Crippen LogP contribution in [0, 0.1) is 12.7 Å². The van der Waals surface area contributed by atoms with Crippen molar-refractivity contribution < 1.29 is 9.50 Å². The first-order chi connectivity index (χ1) is 7.12. The third kappa shape index (κ3) is 2.03. The number of aryl methyl sites for hydroxylation is 1. The standard InChI is InChI=1S/C12H16FNO/c1-9-2-3-10(13)8-11(9)12(15)4-6-14-7-5-12/h2-3,8,14-15H,4-7H2,1H3. The molecule has 1 aliphatic heterocycles. The highest BCUT2D eigenvalue weighted by molar-refractivity contribution is 5.32. The van der Waals surface area contributed by atoms with Gasteiger partial charge < -0.3 is 10.4 Å². The zero-order chi connectivity index (χ0) is 10.9. The maximum absolute atomic E-state index is 13.1. The molecule has 0 amide bonds. The minimum Gasteiger partial charge on any atom is -0.385 e. The summed E-state index contributed by atoms with van der Waals surface area (Å²) in [5.74, 6) is -0.275. The van der Waals surface area contributed by atoms with Gasteiger partial charge in [-0.2, -0.15) is 0 Å². The fourth-order valence-corrected chi connectivity index (χ4v) is 2.21. The molecule has 2 N–H and O–H groups in total. The molecule has 1 aromatic carbocycles. The van der Waals surface area contributed by atoms with Crippen LogP contribution in [0.2, 0.25) is 0 Å². The first kappa shape index (κ1) is 10.6. The van der Waals surface area contributed by atoms with Crippen molar-refractivity contribution in [2.75, 3.05) is 13.1 Å². The van der Waals surface area contributed by atoms with Gasteiger partial charge in [-0.15, -0.1) is 0 Å². The number of rotatable bonds is 1. The summed E-state index contributed by atoms with van der Waals surface area (Å²) in [6.07, 6.45) is 1.30. The van der Waals surface area contributed by atoms with Crippen LogP contribution in [0.15, 0.2) is 18.2 Å². The van der Waals surface area contributed by atoms with Gasteiger partial charge in [0.2, 0.25) is 0 Å². The van der Waals surface area contributed by atoms with Gasteiger partial charge in [0.15, 0.2) is 0 Å². The first-order valence-electron chi connectivity index (χ1n) is 5.31. The van der Waals surface area contributed by atoms with E-state index in [0.29, 0.717) is 12.8 Å². The number of aliphatic hydroxyl groups is 1. The highest BCUT2D eigenvalue weighted by Gasteiger charge is 2.32. The lowest BCUT2D eigenvalue weighted by atomic mass is 9.83. The van der Waals surface area contributed by atoms with Gasteiger partial charge in [0.05, 0.1) is 5.60 Å². The monoisotopic (exact) mass is 209 g/mol. The molecule has 82 valence electrons. The van der Waals surface area contributed by atoms with Crippen molar-refractivity contribution in [3.8, 4) is 0 Å². The van der Waals surface area contributed by atoms with Crippen LogP contribution in [0.4, 0.5) is 4.39 Å². The molecule has 1 saturated heterocycles. The third-order valence-corrected chi connectivity index (χ3v) is 3.13. The summed E-state index contributed by atoms with van der Waals surface area (Å²) in [4.78, 5) is 0. The normalized spacial score (nSPS) is 20.2. The Kier molecular flexibility index (Phi) is 2.76. The van der Waals surface area contributed by atoms with Crippen LogP contribution in [0.1, 0.15) is 24.0 Å². The quantitative estimate of drug-likeness (QED) is 0.738. The SMILES string of the molecule is Cc1ccc(F)cc1C1(O)CCNCC1. The average molecular weight is 209 g/mol. The van der Waals surface area contributed by atoms with E-state index < -0.39 is 5.60 Å². The van der Waals surface area contributed by atoms with E-state index in [-0.39, 0.29) is 5.82 Å². The minimum absolute atomic E-state index is 0.275. The van der Waals surface area contributed by atoms with Crippen molar-refractivity contribution in [2.24, 2.45) is 0 Å². The van der Waals surface area contributed by atoms with E-state index in [0.717, 1.165) is 24.2 Å². The number of piperidine rings is 1. The Morgan fingerprint density at radius 1 is 1.33 bits per heavy atom. The predicted molar refractivity (Wildman–Crippen MR) is 57.1 cm³/mol. The van der Waals surface area contributed by atoms with Crippen molar-refractivity contribution in [3.05, 3.63) is 35.1 Å². The number of halogens is 1. The van der Waals surface area contributed by atoms with Gasteiger partial charge in [-0.3, -0.25) is 0 Å². The zero-order valence-electron chi connectivity index (χ0n) is 8.89. The number of hydrogen-bond donors (Lipinski definition) is 2. The van der Waals surface area contributed by atoms with E-state index in [1.807, 2.05) is 6.92 Å². The highest BCUT2D eigenvalue weighted by atomic mass is 19.1. The summed E-state index contributed by atoms with van der Waals surface area (Å²) in [5, 5.41) is 13.6. The van der Waals surface area contributed by atoms with Crippen LogP contribution in [0.5, 0.6) is 0 Å². The average Bonchev–Trinajstić information content (AvgIpc) is 2.23. The molecule has 0 atom stereocenters. The Labute approximate surface area is 89.1 Å². The van der Waals surface area contributed by atoms with Crippen molar-refractivity contribution >= 4 is 0 Å². The second-order valence-electron chi connectivity index (χ2n) is 4.24. The number of benzene rings is 1. The minimum atomic E-state index is -0.850. The molecule has 1 heterocycles. The van der Waals surface area contributed by atoms with Crippen molar-refractivity contribution in [1.29, 1.82) is 0 Å². The smallest absolute Gasteiger partial charge is 0.123 e. The topological polar surface area (TPSA) is 32.3 Å². The molecule has 2 rings (SSSR count). The van der Waals surface area contributed by atoms with E-state index in [4.69, 9.17) is 0 Å². The van der Waals surface area contributed by atoms with E-state index in [2.05, 4.69) is 5.32 Å². The predicted octanol–water partition coefficient (Wildman–Crippen LogP) is 1.71. The molecule has 3 heteroatoms. The molecule has 0 unspecified atom stereocenters. The molecule has 1 aromatic rings. The summed E-state index contributed by atoms with van der Waals surface area (Å²) < 4.78 is 13.1. The first-order valence-corrected chi connectivity index (χ1v) is 5.31. The second kappa shape index (κ2) is 3.91. The number of hydrogen-bond acceptors (Lipinski definition) is 2. The summed E-state index contributed by atoms with van der Waals surface area (Å²) in [5.41, 5.74) is 0.849. The van der Waals surface area contributed by atoms with Crippen LogP contribution in [0.3, 0.4) is 0 Å². The van der Waals surface area contributed by atoms with Gasteiger partial charge in [0.25, 0.3) is 0 Å². The Morgan fingerprint density at radius 3 is 2.67 bits per heavy atom. The third-order valence-electron chi connectivity index (χ3n) is 3.13. The lowest BCUT2D eigenvalue weighted by Crippen LogP contribution is -2.40. The zero-order valence-corrected chi connectivity index (χ0v) is 8.89. The second-order valence-corrected chi connectivity index (χ2v) is 4.24. The van der Waals surface area contributed by atoms with Crippen molar-refractivity contribution in [2.45, 2.75) is 25.4 Å². The Balaban J connectivity index is 2.38. The van der Waals surface area contributed by atoms with Gasteiger partial charge in [-0.25, -0.2) is 4.39 Å². The molecule has 0 aliphatic carbocycles. The summed E-state index contributed by atoms with van der Waals surface area (Å²) in [6.45, 7) is 3.48. The van der Waals surface area contributed by atoms with Crippen LogP contribution in [-0.2, 0) is 5.60 Å². The summed E-state index contributed by atoms with van der Waals surface area (Å²) in [6, 6.07) is 4.62.